The van der Waals surface area contributed by atoms with E-state index >= 15 is 0 Å². The molecular formula is C24H26ClFN4O2. The van der Waals surface area contributed by atoms with E-state index in [2.05, 4.69) is 15.6 Å². The van der Waals surface area contributed by atoms with Crippen LogP contribution in [-0.2, 0) is 18.0 Å². The number of hydrogen-bond acceptors (Lipinski definition) is 5. The molecule has 3 aromatic rings. The first-order chi connectivity index (χ1) is 15.3. The Balaban J connectivity index is 1.81. The van der Waals surface area contributed by atoms with Gasteiger partial charge in [-0.25, -0.2) is 9.37 Å². The number of benzene rings is 2. The maximum atomic E-state index is 13.3. The number of aromatic hydroxyl groups is 1. The maximum Gasteiger partial charge on any atom is 0.220 e. The number of amides is 1. The molecule has 5 N–H and O–H groups in total. The summed E-state index contributed by atoms with van der Waals surface area (Å²) in [5.74, 6) is 0.519. The molecule has 0 saturated heterocycles. The van der Waals surface area contributed by atoms with Crippen LogP contribution in [0.2, 0.25) is 5.02 Å². The van der Waals surface area contributed by atoms with Gasteiger partial charge in [-0.05, 0) is 48.4 Å². The number of hydrogen-bond donors (Lipinski definition) is 4. The van der Waals surface area contributed by atoms with Crippen LogP contribution in [0.15, 0.2) is 48.5 Å². The highest BCUT2D eigenvalue weighted by molar-refractivity contribution is 6.30. The zero-order chi connectivity index (χ0) is 23.3. The van der Waals surface area contributed by atoms with E-state index in [1.54, 1.807) is 42.5 Å². The normalized spacial score (nSPS) is 10.9. The highest BCUT2D eigenvalue weighted by Gasteiger charge is 2.12. The van der Waals surface area contributed by atoms with E-state index in [9.17, 15) is 14.3 Å². The molecule has 0 aliphatic rings. The van der Waals surface area contributed by atoms with Crippen LogP contribution < -0.4 is 16.4 Å². The number of alkyl halides is 1. The van der Waals surface area contributed by atoms with Crippen LogP contribution in [0.1, 0.15) is 31.4 Å². The van der Waals surface area contributed by atoms with Gasteiger partial charge in [-0.2, -0.15) is 0 Å². The standard InChI is InChI=1S/C24H26ClFN4O2/c1-14(2)9-23(32)28-13-15-3-6-21(30-24(15)27)19-11-18(5-8-22(19)31)29-20-7-4-17(25)10-16(20)12-26/h3-8,10-11,14,29,31H,9,12-13H2,1-2H3,(H2,27,30)(H,28,32). The Bertz CT molecular complexity index is 1120. The van der Waals surface area contributed by atoms with Crippen LogP contribution in [0, 0.1) is 5.92 Å². The average Bonchev–Trinajstić information content (AvgIpc) is 2.74. The van der Waals surface area contributed by atoms with Crippen molar-refractivity contribution in [3.8, 4) is 17.0 Å². The van der Waals surface area contributed by atoms with Gasteiger partial charge in [-0.1, -0.05) is 31.5 Å². The molecule has 32 heavy (non-hydrogen) atoms. The number of rotatable bonds is 8. The monoisotopic (exact) mass is 456 g/mol. The Kier molecular flexibility index (Phi) is 7.53. The minimum Gasteiger partial charge on any atom is -0.507 e. The van der Waals surface area contributed by atoms with Gasteiger partial charge in [-0.15, -0.1) is 0 Å². The number of nitrogens with one attached hydrogen (secondary N) is 2. The Labute approximate surface area is 191 Å². The first-order valence-corrected chi connectivity index (χ1v) is 10.6. The lowest BCUT2D eigenvalue weighted by molar-refractivity contribution is -0.121. The number of anilines is 3. The van der Waals surface area contributed by atoms with E-state index in [-0.39, 0.29) is 29.9 Å². The molecule has 0 aliphatic heterocycles. The van der Waals surface area contributed by atoms with Gasteiger partial charge < -0.3 is 21.5 Å². The zero-order valence-corrected chi connectivity index (χ0v) is 18.7. The summed E-state index contributed by atoms with van der Waals surface area (Å²) < 4.78 is 13.3. The summed E-state index contributed by atoms with van der Waals surface area (Å²) in [6, 6.07) is 13.3. The summed E-state index contributed by atoms with van der Waals surface area (Å²) in [5.41, 5.74) is 9.37. The van der Waals surface area contributed by atoms with Crippen molar-refractivity contribution in [1.82, 2.24) is 10.3 Å². The van der Waals surface area contributed by atoms with E-state index in [0.29, 0.717) is 45.2 Å². The quantitative estimate of drug-likeness (QED) is 0.332. The number of nitrogen functional groups attached to an aromatic ring is 1. The molecule has 1 heterocycles. The van der Waals surface area contributed by atoms with Crippen molar-refractivity contribution in [1.29, 1.82) is 0 Å². The maximum absolute atomic E-state index is 13.3. The fraction of sp³-hybridized carbons (Fsp3) is 0.250. The van der Waals surface area contributed by atoms with E-state index in [0.717, 1.165) is 0 Å². The second-order valence-electron chi connectivity index (χ2n) is 7.91. The summed E-state index contributed by atoms with van der Waals surface area (Å²) >= 11 is 5.94. The Morgan fingerprint density at radius 1 is 1.16 bits per heavy atom. The number of phenolic OH excluding ortho intramolecular Hbond substituents is 1. The molecule has 0 atom stereocenters. The molecule has 0 unspecified atom stereocenters. The molecule has 0 saturated carbocycles. The molecule has 2 aromatic carbocycles. The number of pyridine rings is 1. The highest BCUT2D eigenvalue weighted by atomic mass is 35.5. The van der Waals surface area contributed by atoms with Gasteiger partial charge in [0.05, 0.1) is 5.69 Å². The molecule has 1 amide bonds. The fourth-order valence-corrected chi connectivity index (χ4v) is 3.40. The molecule has 1 aromatic heterocycles. The lowest BCUT2D eigenvalue weighted by Crippen LogP contribution is -2.24. The van der Waals surface area contributed by atoms with Gasteiger partial charge in [0.1, 0.15) is 18.2 Å². The second-order valence-corrected chi connectivity index (χ2v) is 8.34. The van der Waals surface area contributed by atoms with Gasteiger partial charge in [0.2, 0.25) is 5.91 Å². The number of carbonyl (C=O) groups excluding carboxylic acids is 1. The molecule has 0 fully saturated rings. The number of phenols is 1. The van der Waals surface area contributed by atoms with Crippen molar-refractivity contribution in [2.75, 3.05) is 11.1 Å². The van der Waals surface area contributed by atoms with E-state index < -0.39 is 6.67 Å². The highest BCUT2D eigenvalue weighted by Crippen LogP contribution is 2.33. The molecule has 3 rings (SSSR count). The van der Waals surface area contributed by atoms with Crippen LogP contribution in [0.25, 0.3) is 11.3 Å². The number of halogens is 2. The molecule has 168 valence electrons. The summed E-state index contributed by atoms with van der Waals surface area (Å²) in [4.78, 5) is 16.3. The Hall–Kier alpha value is -3.32. The van der Waals surface area contributed by atoms with Crippen molar-refractivity contribution < 1.29 is 14.3 Å². The lowest BCUT2D eigenvalue weighted by Gasteiger charge is -2.14. The fourth-order valence-electron chi connectivity index (χ4n) is 3.21. The molecular weight excluding hydrogens is 431 g/mol. The van der Waals surface area contributed by atoms with Crippen LogP contribution in [0.4, 0.5) is 21.6 Å². The van der Waals surface area contributed by atoms with E-state index in [1.165, 1.54) is 6.07 Å². The summed E-state index contributed by atoms with van der Waals surface area (Å²) in [6.07, 6.45) is 0.441. The van der Waals surface area contributed by atoms with Crippen molar-refractivity contribution in [3.63, 3.8) is 0 Å². The van der Waals surface area contributed by atoms with Gasteiger partial charge in [0, 0.05) is 46.1 Å². The van der Waals surface area contributed by atoms with Gasteiger partial charge in [0.15, 0.2) is 0 Å². The van der Waals surface area contributed by atoms with Crippen LogP contribution in [-0.4, -0.2) is 16.0 Å². The first-order valence-electron chi connectivity index (χ1n) is 10.2. The second kappa shape index (κ2) is 10.3. The van der Waals surface area contributed by atoms with Crippen molar-refractivity contribution in [2.45, 2.75) is 33.5 Å². The SMILES string of the molecule is CC(C)CC(=O)NCc1ccc(-c2cc(Nc3ccc(Cl)cc3CF)ccc2O)nc1N. The summed E-state index contributed by atoms with van der Waals surface area (Å²) in [5, 5.41) is 16.8. The number of carbonyl (C=O) groups is 1. The van der Waals surface area contributed by atoms with Gasteiger partial charge in [0.25, 0.3) is 0 Å². The van der Waals surface area contributed by atoms with Crippen LogP contribution in [0.3, 0.4) is 0 Å². The minimum absolute atomic E-state index is 0.0299. The molecule has 0 bridgehead atoms. The predicted octanol–water partition coefficient (Wildman–Crippen LogP) is 5.57. The summed E-state index contributed by atoms with van der Waals surface area (Å²) in [6.45, 7) is 3.57. The number of aromatic nitrogens is 1. The largest absolute Gasteiger partial charge is 0.507 e. The topological polar surface area (TPSA) is 100 Å². The summed E-state index contributed by atoms with van der Waals surface area (Å²) in [7, 11) is 0. The van der Waals surface area contributed by atoms with Crippen LogP contribution in [0.5, 0.6) is 5.75 Å². The van der Waals surface area contributed by atoms with E-state index in [4.69, 9.17) is 17.3 Å². The smallest absolute Gasteiger partial charge is 0.220 e. The molecule has 0 aliphatic carbocycles. The predicted molar refractivity (Wildman–Crippen MR) is 127 cm³/mol. The Morgan fingerprint density at radius 3 is 2.62 bits per heavy atom. The van der Waals surface area contributed by atoms with Gasteiger partial charge >= 0.3 is 0 Å². The number of nitrogens with two attached hydrogens (primary N) is 1. The number of nitrogens with zero attached hydrogens (tertiary/aromatic N) is 1. The third-order valence-electron chi connectivity index (χ3n) is 4.84. The van der Waals surface area contributed by atoms with E-state index in [1.807, 2.05) is 13.8 Å². The van der Waals surface area contributed by atoms with Crippen molar-refractivity contribution in [3.05, 3.63) is 64.7 Å². The first kappa shape index (κ1) is 23.3. The molecule has 0 spiro atoms. The Morgan fingerprint density at radius 2 is 1.94 bits per heavy atom. The van der Waals surface area contributed by atoms with Crippen molar-refractivity contribution in [2.24, 2.45) is 5.92 Å². The minimum atomic E-state index is -0.666. The van der Waals surface area contributed by atoms with Crippen molar-refractivity contribution >= 4 is 34.7 Å². The molecule has 0 radical (unpaired) electrons. The molecule has 6 nitrogen and oxygen atoms in total. The third-order valence-corrected chi connectivity index (χ3v) is 5.08. The average molecular weight is 457 g/mol. The van der Waals surface area contributed by atoms with Crippen LogP contribution >= 0.6 is 11.6 Å². The lowest BCUT2D eigenvalue weighted by atomic mass is 10.1. The van der Waals surface area contributed by atoms with Gasteiger partial charge in [-0.3, -0.25) is 4.79 Å². The molecule has 8 heteroatoms. The zero-order valence-electron chi connectivity index (χ0n) is 18.0. The third kappa shape index (κ3) is 5.88.